The lowest BCUT2D eigenvalue weighted by atomic mass is 10.1. The molecule has 1 aromatic rings. The summed E-state index contributed by atoms with van der Waals surface area (Å²) in [4.78, 5) is 14.2. The topological polar surface area (TPSA) is 33.5 Å². The summed E-state index contributed by atoms with van der Waals surface area (Å²) in [6, 6.07) is 3.78. The van der Waals surface area contributed by atoms with Gasteiger partial charge in [-0.05, 0) is 24.0 Å². The Balaban J connectivity index is 2.47. The van der Waals surface area contributed by atoms with E-state index in [1.807, 2.05) is 17.0 Å². The highest BCUT2D eigenvalue weighted by molar-refractivity contribution is 5.76. The van der Waals surface area contributed by atoms with E-state index in [4.69, 9.17) is 4.42 Å². The van der Waals surface area contributed by atoms with E-state index in [2.05, 4.69) is 27.7 Å². The van der Waals surface area contributed by atoms with Crippen LogP contribution in [-0.2, 0) is 11.2 Å². The summed E-state index contributed by atoms with van der Waals surface area (Å²) in [6.07, 6.45) is 2.88. The number of furan rings is 1. The number of hydrogen-bond donors (Lipinski definition) is 0. The van der Waals surface area contributed by atoms with Crippen molar-refractivity contribution in [3.63, 3.8) is 0 Å². The number of aryl methyl sites for hydroxylation is 1. The lowest BCUT2D eigenvalue weighted by Crippen LogP contribution is -2.37. The van der Waals surface area contributed by atoms with E-state index in [-0.39, 0.29) is 5.91 Å². The Morgan fingerprint density at radius 3 is 2.28 bits per heavy atom. The third kappa shape index (κ3) is 5.39. The van der Waals surface area contributed by atoms with Gasteiger partial charge in [-0.15, -0.1) is 0 Å². The quantitative estimate of drug-likeness (QED) is 0.744. The molecule has 3 heteroatoms. The van der Waals surface area contributed by atoms with Crippen LogP contribution < -0.4 is 0 Å². The minimum absolute atomic E-state index is 0.230. The SMILES string of the molecule is CC(C)CN(CC(C)C)C(=O)CCc1ccco1. The second kappa shape index (κ2) is 7.24. The molecule has 0 saturated carbocycles. The van der Waals surface area contributed by atoms with Crippen LogP contribution in [-0.4, -0.2) is 23.9 Å². The van der Waals surface area contributed by atoms with Crippen molar-refractivity contribution in [3.05, 3.63) is 24.2 Å². The predicted molar refractivity (Wildman–Crippen MR) is 73.3 cm³/mol. The molecule has 0 aliphatic rings. The standard InChI is InChI=1S/C15H25NO2/c1-12(2)10-16(11-13(3)4)15(17)8-7-14-6-5-9-18-14/h5-6,9,12-13H,7-8,10-11H2,1-4H3. The Morgan fingerprint density at radius 2 is 1.83 bits per heavy atom. The number of nitrogens with zero attached hydrogens (tertiary/aromatic N) is 1. The van der Waals surface area contributed by atoms with Crippen LogP contribution in [0.4, 0.5) is 0 Å². The molecule has 0 atom stereocenters. The van der Waals surface area contributed by atoms with Gasteiger partial charge in [-0.25, -0.2) is 0 Å². The summed E-state index contributed by atoms with van der Waals surface area (Å²) in [7, 11) is 0. The maximum absolute atomic E-state index is 12.2. The zero-order valence-corrected chi connectivity index (χ0v) is 12.0. The van der Waals surface area contributed by atoms with Gasteiger partial charge in [0.25, 0.3) is 0 Å². The largest absolute Gasteiger partial charge is 0.469 e. The summed E-state index contributed by atoms with van der Waals surface area (Å²) in [5.74, 6) is 2.14. The van der Waals surface area contributed by atoms with Gasteiger partial charge in [0.2, 0.25) is 5.91 Å². The molecule has 0 aliphatic heterocycles. The molecule has 0 aliphatic carbocycles. The summed E-state index contributed by atoms with van der Waals surface area (Å²) in [5.41, 5.74) is 0. The minimum atomic E-state index is 0.230. The number of hydrogen-bond acceptors (Lipinski definition) is 2. The Bertz CT molecular complexity index is 331. The minimum Gasteiger partial charge on any atom is -0.469 e. The smallest absolute Gasteiger partial charge is 0.223 e. The molecule has 1 amide bonds. The molecule has 1 heterocycles. The van der Waals surface area contributed by atoms with Crippen molar-refractivity contribution in [1.29, 1.82) is 0 Å². The Labute approximate surface area is 110 Å². The maximum atomic E-state index is 12.2. The molecule has 3 nitrogen and oxygen atoms in total. The van der Waals surface area contributed by atoms with Crippen molar-refractivity contribution >= 4 is 5.91 Å². The highest BCUT2D eigenvalue weighted by Crippen LogP contribution is 2.09. The van der Waals surface area contributed by atoms with E-state index in [1.165, 1.54) is 0 Å². The first-order valence-electron chi connectivity index (χ1n) is 6.79. The van der Waals surface area contributed by atoms with Crippen LogP contribution in [0.25, 0.3) is 0 Å². The van der Waals surface area contributed by atoms with Crippen molar-refractivity contribution < 1.29 is 9.21 Å². The van der Waals surface area contributed by atoms with Gasteiger partial charge in [0.1, 0.15) is 5.76 Å². The first kappa shape index (κ1) is 14.8. The van der Waals surface area contributed by atoms with E-state index >= 15 is 0 Å². The second-order valence-electron chi connectivity index (χ2n) is 5.67. The zero-order valence-electron chi connectivity index (χ0n) is 12.0. The molecule has 0 spiro atoms. The van der Waals surface area contributed by atoms with E-state index in [1.54, 1.807) is 6.26 Å². The Hall–Kier alpha value is -1.25. The second-order valence-corrected chi connectivity index (χ2v) is 5.67. The lowest BCUT2D eigenvalue weighted by molar-refractivity contribution is -0.132. The van der Waals surface area contributed by atoms with Crippen molar-refractivity contribution in [2.45, 2.75) is 40.5 Å². The first-order valence-corrected chi connectivity index (χ1v) is 6.79. The van der Waals surface area contributed by atoms with Crippen LogP contribution in [0.1, 0.15) is 39.9 Å². The Morgan fingerprint density at radius 1 is 1.22 bits per heavy atom. The summed E-state index contributed by atoms with van der Waals surface area (Å²) < 4.78 is 5.26. The van der Waals surface area contributed by atoms with Crippen LogP contribution in [0, 0.1) is 11.8 Å². The fourth-order valence-corrected chi connectivity index (χ4v) is 2.00. The maximum Gasteiger partial charge on any atom is 0.223 e. The van der Waals surface area contributed by atoms with E-state index in [0.717, 1.165) is 18.8 Å². The highest BCUT2D eigenvalue weighted by Gasteiger charge is 2.16. The third-order valence-electron chi connectivity index (χ3n) is 2.69. The summed E-state index contributed by atoms with van der Waals surface area (Å²) >= 11 is 0. The lowest BCUT2D eigenvalue weighted by Gasteiger charge is -2.26. The average molecular weight is 251 g/mol. The normalized spacial score (nSPS) is 11.2. The third-order valence-corrected chi connectivity index (χ3v) is 2.69. The number of amides is 1. The van der Waals surface area contributed by atoms with Crippen LogP contribution in [0.3, 0.4) is 0 Å². The average Bonchev–Trinajstić information content (AvgIpc) is 2.76. The molecule has 0 saturated heterocycles. The monoisotopic (exact) mass is 251 g/mol. The van der Waals surface area contributed by atoms with Crippen LogP contribution >= 0.6 is 0 Å². The molecule has 0 bridgehead atoms. The molecule has 0 N–H and O–H groups in total. The molecular weight excluding hydrogens is 226 g/mol. The van der Waals surface area contributed by atoms with Crippen molar-refractivity contribution in [1.82, 2.24) is 4.90 Å². The van der Waals surface area contributed by atoms with Crippen molar-refractivity contribution in [3.8, 4) is 0 Å². The van der Waals surface area contributed by atoms with Gasteiger partial charge in [0.05, 0.1) is 6.26 Å². The van der Waals surface area contributed by atoms with Gasteiger partial charge >= 0.3 is 0 Å². The van der Waals surface area contributed by atoms with Crippen LogP contribution in [0.5, 0.6) is 0 Å². The molecule has 0 aromatic carbocycles. The zero-order chi connectivity index (χ0) is 13.5. The highest BCUT2D eigenvalue weighted by atomic mass is 16.3. The van der Waals surface area contributed by atoms with Crippen LogP contribution in [0.15, 0.2) is 22.8 Å². The molecule has 0 unspecified atom stereocenters. The molecule has 1 aromatic heterocycles. The fourth-order valence-electron chi connectivity index (χ4n) is 2.00. The molecular formula is C15H25NO2. The van der Waals surface area contributed by atoms with Gasteiger partial charge in [0, 0.05) is 25.9 Å². The van der Waals surface area contributed by atoms with Gasteiger partial charge < -0.3 is 9.32 Å². The summed E-state index contributed by atoms with van der Waals surface area (Å²) in [5, 5.41) is 0. The fraction of sp³-hybridized carbons (Fsp3) is 0.667. The van der Waals surface area contributed by atoms with Gasteiger partial charge in [-0.3, -0.25) is 4.79 Å². The number of rotatable bonds is 7. The van der Waals surface area contributed by atoms with Gasteiger partial charge in [0.15, 0.2) is 0 Å². The predicted octanol–water partition coefficient (Wildman–Crippen LogP) is 3.35. The molecule has 18 heavy (non-hydrogen) atoms. The van der Waals surface area contributed by atoms with Crippen molar-refractivity contribution in [2.75, 3.05) is 13.1 Å². The number of carbonyl (C=O) groups is 1. The number of carbonyl (C=O) groups excluding carboxylic acids is 1. The van der Waals surface area contributed by atoms with E-state index in [9.17, 15) is 4.79 Å². The van der Waals surface area contributed by atoms with Crippen LogP contribution in [0.2, 0.25) is 0 Å². The van der Waals surface area contributed by atoms with E-state index in [0.29, 0.717) is 24.7 Å². The van der Waals surface area contributed by atoms with Gasteiger partial charge in [-0.1, -0.05) is 27.7 Å². The first-order chi connectivity index (χ1) is 8.49. The van der Waals surface area contributed by atoms with Gasteiger partial charge in [-0.2, -0.15) is 0 Å². The molecule has 0 radical (unpaired) electrons. The summed E-state index contributed by atoms with van der Waals surface area (Å²) in [6.45, 7) is 10.3. The molecule has 0 fully saturated rings. The van der Waals surface area contributed by atoms with E-state index < -0.39 is 0 Å². The van der Waals surface area contributed by atoms with Crippen molar-refractivity contribution in [2.24, 2.45) is 11.8 Å². The molecule has 1 rings (SSSR count). The Kier molecular flexibility index (Phi) is 5.96. The molecule has 102 valence electrons.